The summed E-state index contributed by atoms with van der Waals surface area (Å²) < 4.78 is 23.0. The Morgan fingerprint density at radius 2 is 1.96 bits per heavy atom. The number of benzene rings is 2. The number of hydrogen-bond donors (Lipinski definition) is 1. The molecule has 0 aliphatic carbocycles. The van der Waals surface area contributed by atoms with Crippen LogP contribution in [0.3, 0.4) is 0 Å². The highest BCUT2D eigenvalue weighted by Gasteiger charge is 2.22. The van der Waals surface area contributed by atoms with Gasteiger partial charge in [-0.3, -0.25) is 0 Å². The van der Waals surface area contributed by atoms with Crippen LogP contribution in [0.2, 0.25) is 0 Å². The zero-order chi connectivity index (χ0) is 17.6. The number of nitrogens with two attached hydrogens (primary N) is 1. The number of nitrogens with zero attached hydrogens (tertiary/aromatic N) is 3. The summed E-state index contributed by atoms with van der Waals surface area (Å²) in [6.07, 6.45) is 0.783. The fraction of sp³-hybridized carbons (Fsp3) is 0.222. The third kappa shape index (κ3) is 2.96. The summed E-state index contributed by atoms with van der Waals surface area (Å²) in [4.78, 5) is 11.6. The molecule has 128 valence electrons. The van der Waals surface area contributed by atoms with Crippen molar-refractivity contribution in [2.24, 2.45) is 5.14 Å². The SMILES string of the molecule is Cc1nc(CN2CCc3cc(S(N)(=O)=O)ccc32)nc2ccccc12. The number of aromatic nitrogens is 2. The quantitative estimate of drug-likeness (QED) is 0.778. The molecule has 0 saturated heterocycles. The molecule has 6 nitrogen and oxygen atoms in total. The fourth-order valence-electron chi connectivity index (χ4n) is 3.32. The third-order valence-corrected chi connectivity index (χ3v) is 5.45. The highest BCUT2D eigenvalue weighted by Crippen LogP contribution is 2.31. The predicted molar refractivity (Wildman–Crippen MR) is 96.8 cm³/mol. The molecule has 3 aromatic rings. The molecular weight excluding hydrogens is 336 g/mol. The van der Waals surface area contributed by atoms with E-state index in [1.54, 1.807) is 12.1 Å². The summed E-state index contributed by atoms with van der Waals surface area (Å²) in [5.74, 6) is 0.763. The van der Waals surface area contributed by atoms with Crippen LogP contribution in [0.25, 0.3) is 10.9 Å². The number of anilines is 1. The van der Waals surface area contributed by atoms with Crippen LogP contribution in [0, 0.1) is 6.92 Å². The lowest BCUT2D eigenvalue weighted by molar-refractivity contribution is 0.597. The molecule has 0 saturated carbocycles. The smallest absolute Gasteiger partial charge is 0.238 e. The maximum atomic E-state index is 11.5. The number of aryl methyl sites for hydroxylation is 1. The fourth-order valence-corrected chi connectivity index (χ4v) is 3.89. The zero-order valence-corrected chi connectivity index (χ0v) is 14.6. The summed E-state index contributed by atoms with van der Waals surface area (Å²) in [7, 11) is -3.67. The number of primary sulfonamides is 1. The van der Waals surface area contributed by atoms with Gasteiger partial charge in [-0.05, 0) is 43.2 Å². The second-order valence-corrected chi connectivity index (χ2v) is 7.81. The molecule has 0 fully saturated rings. The van der Waals surface area contributed by atoms with Gasteiger partial charge in [-0.25, -0.2) is 23.5 Å². The number of para-hydroxylation sites is 1. The topological polar surface area (TPSA) is 89.2 Å². The molecule has 2 N–H and O–H groups in total. The van der Waals surface area contributed by atoms with E-state index in [2.05, 4.69) is 14.9 Å². The number of sulfonamides is 1. The molecule has 0 radical (unpaired) electrons. The van der Waals surface area contributed by atoms with Crippen molar-refractivity contribution in [2.75, 3.05) is 11.4 Å². The van der Waals surface area contributed by atoms with Gasteiger partial charge in [0.05, 0.1) is 17.0 Å². The number of fused-ring (bicyclic) bond motifs is 2. The van der Waals surface area contributed by atoms with E-state index < -0.39 is 10.0 Å². The van der Waals surface area contributed by atoms with E-state index in [0.717, 1.165) is 46.6 Å². The van der Waals surface area contributed by atoms with Crippen LogP contribution in [0.1, 0.15) is 17.1 Å². The van der Waals surface area contributed by atoms with Crippen molar-refractivity contribution in [3.05, 3.63) is 59.5 Å². The van der Waals surface area contributed by atoms with E-state index in [-0.39, 0.29) is 4.90 Å². The van der Waals surface area contributed by atoms with E-state index in [1.807, 2.05) is 37.3 Å². The van der Waals surface area contributed by atoms with Crippen LogP contribution in [0.15, 0.2) is 47.4 Å². The summed E-state index contributed by atoms with van der Waals surface area (Å²) in [5, 5.41) is 6.28. The molecule has 25 heavy (non-hydrogen) atoms. The minimum atomic E-state index is -3.67. The highest BCUT2D eigenvalue weighted by atomic mass is 32.2. The molecule has 7 heteroatoms. The van der Waals surface area contributed by atoms with Crippen molar-refractivity contribution >= 4 is 26.6 Å². The third-order valence-electron chi connectivity index (χ3n) is 4.54. The molecule has 4 rings (SSSR count). The Balaban J connectivity index is 1.66. The second kappa shape index (κ2) is 5.79. The largest absolute Gasteiger partial charge is 0.363 e. The molecule has 0 atom stereocenters. The van der Waals surface area contributed by atoms with Gasteiger partial charge >= 0.3 is 0 Å². The normalized spacial score (nSPS) is 14.1. The monoisotopic (exact) mass is 354 g/mol. The molecular formula is C18H18N4O2S. The van der Waals surface area contributed by atoms with E-state index in [9.17, 15) is 8.42 Å². The Morgan fingerprint density at radius 1 is 1.16 bits per heavy atom. The van der Waals surface area contributed by atoms with Gasteiger partial charge < -0.3 is 4.90 Å². The molecule has 0 unspecified atom stereocenters. The van der Waals surface area contributed by atoms with Gasteiger partial charge in [0.15, 0.2) is 0 Å². The van der Waals surface area contributed by atoms with Crippen molar-refractivity contribution in [1.29, 1.82) is 0 Å². The zero-order valence-electron chi connectivity index (χ0n) is 13.8. The Bertz CT molecular complexity index is 1080. The summed E-state index contributed by atoms with van der Waals surface area (Å²) in [6.45, 7) is 3.38. The van der Waals surface area contributed by atoms with Crippen molar-refractivity contribution < 1.29 is 8.42 Å². The molecule has 0 bridgehead atoms. The minimum absolute atomic E-state index is 0.158. The van der Waals surface area contributed by atoms with Crippen LogP contribution in [0.5, 0.6) is 0 Å². The summed E-state index contributed by atoms with van der Waals surface area (Å²) in [6, 6.07) is 13.0. The molecule has 1 aliphatic heterocycles. The standard InChI is InChI=1S/C18H18N4O2S/c1-12-15-4-2-3-5-16(15)21-18(20-12)11-22-9-8-13-10-14(25(19,23)24)6-7-17(13)22/h2-7,10H,8-9,11H2,1H3,(H2,19,23,24). The van der Waals surface area contributed by atoms with Gasteiger partial charge in [-0.15, -0.1) is 0 Å². The Morgan fingerprint density at radius 3 is 2.76 bits per heavy atom. The van der Waals surface area contributed by atoms with E-state index >= 15 is 0 Å². The highest BCUT2D eigenvalue weighted by molar-refractivity contribution is 7.89. The van der Waals surface area contributed by atoms with Crippen molar-refractivity contribution in [2.45, 2.75) is 24.8 Å². The van der Waals surface area contributed by atoms with E-state index in [1.165, 1.54) is 0 Å². The lowest BCUT2D eigenvalue weighted by Crippen LogP contribution is -2.21. The van der Waals surface area contributed by atoms with Crippen molar-refractivity contribution in [3.63, 3.8) is 0 Å². The molecule has 0 amide bonds. The Hall–Kier alpha value is -2.51. The molecule has 2 heterocycles. The number of hydrogen-bond acceptors (Lipinski definition) is 5. The lowest BCUT2D eigenvalue weighted by Gasteiger charge is -2.19. The Kier molecular flexibility index (Phi) is 3.70. The van der Waals surface area contributed by atoms with Crippen LogP contribution in [-0.4, -0.2) is 24.9 Å². The van der Waals surface area contributed by atoms with E-state index in [4.69, 9.17) is 5.14 Å². The van der Waals surface area contributed by atoms with Crippen LogP contribution < -0.4 is 10.0 Å². The first-order valence-corrected chi connectivity index (χ1v) is 9.59. The summed E-state index contributed by atoms with van der Waals surface area (Å²) in [5.41, 5.74) is 3.91. The predicted octanol–water partition coefficient (Wildman–Crippen LogP) is 2.15. The van der Waals surface area contributed by atoms with Gasteiger partial charge in [0.2, 0.25) is 10.0 Å². The average molecular weight is 354 g/mol. The second-order valence-electron chi connectivity index (χ2n) is 6.25. The lowest BCUT2D eigenvalue weighted by atomic mass is 10.2. The minimum Gasteiger partial charge on any atom is -0.363 e. The molecule has 1 aliphatic rings. The van der Waals surface area contributed by atoms with Gasteiger partial charge in [-0.1, -0.05) is 18.2 Å². The maximum Gasteiger partial charge on any atom is 0.238 e. The summed E-state index contributed by atoms with van der Waals surface area (Å²) >= 11 is 0. The van der Waals surface area contributed by atoms with Gasteiger partial charge in [-0.2, -0.15) is 0 Å². The van der Waals surface area contributed by atoms with Crippen molar-refractivity contribution in [1.82, 2.24) is 9.97 Å². The average Bonchev–Trinajstić information content (AvgIpc) is 2.96. The molecule has 0 spiro atoms. The molecule has 1 aromatic heterocycles. The van der Waals surface area contributed by atoms with Gasteiger partial charge in [0, 0.05) is 23.3 Å². The number of rotatable bonds is 3. The first-order valence-electron chi connectivity index (χ1n) is 8.05. The maximum absolute atomic E-state index is 11.5. The molecule has 2 aromatic carbocycles. The van der Waals surface area contributed by atoms with Crippen LogP contribution in [0.4, 0.5) is 5.69 Å². The first kappa shape index (κ1) is 16.0. The van der Waals surface area contributed by atoms with E-state index in [0.29, 0.717) is 6.54 Å². The van der Waals surface area contributed by atoms with Crippen LogP contribution >= 0.6 is 0 Å². The first-order chi connectivity index (χ1) is 11.9. The Labute approximate surface area is 146 Å². The van der Waals surface area contributed by atoms with Crippen LogP contribution in [-0.2, 0) is 23.0 Å². The van der Waals surface area contributed by atoms with Crippen molar-refractivity contribution in [3.8, 4) is 0 Å². The van der Waals surface area contributed by atoms with Gasteiger partial charge in [0.1, 0.15) is 5.82 Å². The van der Waals surface area contributed by atoms with Gasteiger partial charge in [0.25, 0.3) is 0 Å².